The van der Waals surface area contributed by atoms with Crippen LogP contribution in [0.2, 0.25) is 0 Å². The van der Waals surface area contributed by atoms with Crippen molar-refractivity contribution < 1.29 is 17.9 Å². The van der Waals surface area contributed by atoms with Crippen molar-refractivity contribution in [1.82, 2.24) is 9.73 Å². The molecule has 29 heavy (non-hydrogen) atoms. The number of benzene rings is 2. The first-order valence-corrected chi connectivity index (χ1v) is 11.0. The number of rotatable bonds is 7. The Balaban J connectivity index is 1.50. The van der Waals surface area contributed by atoms with Gasteiger partial charge in [-0.3, -0.25) is 4.79 Å². The Bertz CT molecular complexity index is 948. The summed E-state index contributed by atoms with van der Waals surface area (Å²) < 4.78 is 29.9. The summed E-state index contributed by atoms with van der Waals surface area (Å²) in [5.74, 6) is 0.577. The molecule has 0 saturated carbocycles. The number of hydrogen-bond donors (Lipinski definition) is 1. The number of likely N-dealkylation sites (tertiary alicyclic amines) is 1. The van der Waals surface area contributed by atoms with E-state index in [-0.39, 0.29) is 17.4 Å². The molecule has 1 saturated heterocycles. The average molecular weight is 416 g/mol. The predicted molar refractivity (Wildman–Crippen MR) is 111 cm³/mol. The van der Waals surface area contributed by atoms with Gasteiger partial charge in [-0.25, -0.2) is 4.83 Å². The van der Waals surface area contributed by atoms with Crippen molar-refractivity contribution in [2.45, 2.75) is 31.1 Å². The fraction of sp³-hybridized carbons (Fsp3) is 0.333. The molecule has 0 unspecified atom stereocenters. The summed E-state index contributed by atoms with van der Waals surface area (Å²) in [4.78, 5) is 16.3. The molecule has 8 heteroatoms. The van der Waals surface area contributed by atoms with Crippen molar-refractivity contribution in [1.29, 1.82) is 0 Å². The maximum Gasteiger partial charge on any atom is 0.276 e. The zero-order valence-corrected chi connectivity index (χ0v) is 17.2. The molecule has 1 heterocycles. The SMILES string of the molecule is Cc1ccc(S(=O)(=O)N/N=C\c2ccc(OCC(=O)N3CCCCC3)cc2)cc1. The van der Waals surface area contributed by atoms with Gasteiger partial charge in [0.05, 0.1) is 11.1 Å². The van der Waals surface area contributed by atoms with Gasteiger partial charge in [0, 0.05) is 13.1 Å². The minimum absolute atomic E-state index is 0.000788. The van der Waals surface area contributed by atoms with Gasteiger partial charge in [-0.2, -0.15) is 13.5 Å². The molecule has 2 aromatic rings. The van der Waals surface area contributed by atoms with Crippen LogP contribution >= 0.6 is 0 Å². The summed E-state index contributed by atoms with van der Waals surface area (Å²) >= 11 is 0. The summed E-state index contributed by atoms with van der Waals surface area (Å²) in [5.41, 5.74) is 1.68. The van der Waals surface area contributed by atoms with Gasteiger partial charge in [-0.15, -0.1) is 0 Å². The number of hydrazone groups is 1. The Morgan fingerprint density at radius 2 is 1.72 bits per heavy atom. The van der Waals surface area contributed by atoms with E-state index in [1.807, 2.05) is 11.8 Å². The van der Waals surface area contributed by atoms with Gasteiger partial charge in [-0.05, 0) is 68.1 Å². The fourth-order valence-electron chi connectivity index (χ4n) is 2.97. The number of nitrogens with one attached hydrogen (secondary N) is 1. The fourth-order valence-corrected chi connectivity index (χ4v) is 3.76. The highest BCUT2D eigenvalue weighted by Gasteiger charge is 2.16. The Morgan fingerprint density at radius 3 is 2.38 bits per heavy atom. The van der Waals surface area contributed by atoms with Gasteiger partial charge in [0.1, 0.15) is 5.75 Å². The van der Waals surface area contributed by atoms with E-state index in [1.54, 1.807) is 36.4 Å². The average Bonchev–Trinajstić information content (AvgIpc) is 2.74. The number of carbonyl (C=O) groups excluding carboxylic acids is 1. The molecule has 1 amide bonds. The number of piperidine rings is 1. The molecular formula is C21H25N3O4S. The minimum Gasteiger partial charge on any atom is -0.484 e. The quantitative estimate of drug-likeness (QED) is 0.556. The van der Waals surface area contributed by atoms with Crippen LogP contribution in [0.4, 0.5) is 0 Å². The maximum atomic E-state index is 12.2. The highest BCUT2D eigenvalue weighted by atomic mass is 32.2. The van der Waals surface area contributed by atoms with Crippen LogP contribution in [0.25, 0.3) is 0 Å². The molecule has 0 atom stereocenters. The van der Waals surface area contributed by atoms with Gasteiger partial charge >= 0.3 is 0 Å². The zero-order valence-electron chi connectivity index (χ0n) is 16.4. The van der Waals surface area contributed by atoms with E-state index in [0.717, 1.165) is 31.5 Å². The normalized spacial score (nSPS) is 14.7. The first kappa shape index (κ1) is 20.9. The van der Waals surface area contributed by atoms with E-state index in [9.17, 15) is 13.2 Å². The van der Waals surface area contributed by atoms with Gasteiger partial charge < -0.3 is 9.64 Å². The molecule has 1 aliphatic heterocycles. The number of nitrogens with zero attached hydrogens (tertiary/aromatic N) is 2. The third kappa shape index (κ3) is 6.05. The molecule has 0 aliphatic carbocycles. The highest BCUT2D eigenvalue weighted by Crippen LogP contribution is 2.13. The van der Waals surface area contributed by atoms with E-state index >= 15 is 0 Å². The van der Waals surface area contributed by atoms with Crippen LogP contribution in [-0.4, -0.2) is 45.1 Å². The molecule has 154 valence electrons. The number of sulfonamides is 1. The monoisotopic (exact) mass is 415 g/mol. The van der Waals surface area contributed by atoms with Crippen molar-refractivity contribution in [3.05, 3.63) is 59.7 Å². The molecule has 1 fully saturated rings. The summed E-state index contributed by atoms with van der Waals surface area (Å²) in [6.45, 7) is 3.51. The third-order valence-corrected chi connectivity index (χ3v) is 5.91. The summed E-state index contributed by atoms with van der Waals surface area (Å²) in [6, 6.07) is 13.4. The van der Waals surface area contributed by atoms with E-state index in [1.165, 1.54) is 24.8 Å². The number of hydrogen-bond acceptors (Lipinski definition) is 5. The smallest absolute Gasteiger partial charge is 0.276 e. The van der Waals surface area contributed by atoms with Crippen LogP contribution in [0.5, 0.6) is 5.75 Å². The van der Waals surface area contributed by atoms with Crippen molar-refractivity contribution in [2.75, 3.05) is 19.7 Å². The molecule has 7 nitrogen and oxygen atoms in total. The molecule has 1 N–H and O–H groups in total. The third-order valence-electron chi connectivity index (χ3n) is 4.67. The van der Waals surface area contributed by atoms with E-state index in [4.69, 9.17) is 4.74 Å². The van der Waals surface area contributed by atoms with Crippen LogP contribution in [0.3, 0.4) is 0 Å². The van der Waals surface area contributed by atoms with Gasteiger partial charge in [0.2, 0.25) is 0 Å². The van der Waals surface area contributed by atoms with Gasteiger partial charge in [0.15, 0.2) is 6.61 Å². The maximum absolute atomic E-state index is 12.2. The second-order valence-electron chi connectivity index (χ2n) is 6.97. The highest BCUT2D eigenvalue weighted by molar-refractivity contribution is 7.89. The second kappa shape index (κ2) is 9.56. The van der Waals surface area contributed by atoms with Crippen molar-refractivity contribution in [3.8, 4) is 5.75 Å². The molecule has 2 aromatic carbocycles. The van der Waals surface area contributed by atoms with E-state index in [0.29, 0.717) is 11.3 Å². The lowest BCUT2D eigenvalue weighted by atomic mass is 10.1. The van der Waals surface area contributed by atoms with Crippen molar-refractivity contribution in [2.24, 2.45) is 5.10 Å². The zero-order chi connectivity index (χ0) is 20.7. The molecule has 0 spiro atoms. The van der Waals surface area contributed by atoms with E-state index < -0.39 is 10.0 Å². The number of carbonyl (C=O) groups is 1. The molecular weight excluding hydrogens is 390 g/mol. The van der Waals surface area contributed by atoms with Gasteiger partial charge in [0.25, 0.3) is 15.9 Å². The minimum atomic E-state index is -3.70. The molecule has 3 rings (SSSR count). The van der Waals surface area contributed by atoms with Gasteiger partial charge in [-0.1, -0.05) is 17.7 Å². The van der Waals surface area contributed by atoms with Crippen molar-refractivity contribution in [3.63, 3.8) is 0 Å². The molecule has 0 radical (unpaired) electrons. The van der Waals surface area contributed by atoms with Crippen LogP contribution in [0.1, 0.15) is 30.4 Å². The first-order chi connectivity index (χ1) is 13.9. The Kier molecular flexibility index (Phi) is 6.87. The topological polar surface area (TPSA) is 88.1 Å². The second-order valence-corrected chi connectivity index (χ2v) is 8.63. The molecule has 0 bridgehead atoms. The lowest BCUT2D eigenvalue weighted by Gasteiger charge is -2.26. The Labute approximate surface area is 171 Å². The summed E-state index contributed by atoms with van der Waals surface area (Å²) in [6.07, 6.45) is 4.68. The summed E-state index contributed by atoms with van der Waals surface area (Å²) in [5, 5.41) is 3.81. The first-order valence-electron chi connectivity index (χ1n) is 9.56. The van der Waals surface area contributed by atoms with Crippen LogP contribution in [-0.2, 0) is 14.8 Å². The van der Waals surface area contributed by atoms with Crippen LogP contribution in [0.15, 0.2) is 58.5 Å². The van der Waals surface area contributed by atoms with Crippen LogP contribution in [0, 0.1) is 6.92 Å². The molecule has 1 aliphatic rings. The summed E-state index contributed by atoms with van der Waals surface area (Å²) in [7, 11) is -3.70. The number of amides is 1. The Hall–Kier alpha value is -2.87. The van der Waals surface area contributed by atoms with E-state index in [2.05, 4.69) is 9.93 Å². The largest absolute Gasteiger partial charge is 0.484 e. The number of aryl methyl sites for hydroxylation is 1. The predicted octanol–water partition coefficient (Wildman–Crippen LogP) is 2.70. The number of ether oxygens (including phenoxy) is 1. The lowest BCUT2D eigenvalue weighted by molar-refractivity contribution is -0.134. The van der Waals surface area contributed by atoms with Crippen LogP contribution < -0.4 is 9.57 Å². The molecule has 0 aromatic heterocycles. The van der Waals surface area contributed by atoms with Crippen molar-refractivity contribution >= 4 is 22.1 Å². The lowest BCUT2D eigenvalue weighted by Crippen LogP contribution is -2.38. The standard InChI is InChI=1S/C21H25N3O4S/c1-17-5-11-20(12-6-17)29(26,27)23-22-15-18-7-9-19(10-8-18)28-16-21(25)24-13-3-2-4-14-24/h5-12,15,23H,2-4,13-14,16H2,1H3/b22-15-. The Morgan fingerprint density at radius 1 is 1.07 bits per heavy atom.